The van der Waals surface area contributed by atoms with E-state index < -0.39 is 14.6 Å². The molecular formula is C51H73NO8Si. The smallest absolute Gasteiger partial charge is 0.306 e. The predicted octanol–water partition coefficient (Wildman–Crippen LogP) is 12.6. The number of benzene rings is 2. The molecule has 334 valence electrons. The number of allylic oxidation sites excluding steroid dienone is 3. The Morgan fingerprint density at radius 2 is 1.54 bits per heavy atom. The van der Waals surface area contributed by atoms with E-state index in [0.717, 1.165) is 78.7 Å². The summed E-state index contributed by atoms with van der Waals surface area (Å²) < 4.78 is 36.9. The maximum absolute atomic E-state index is 11.9. The van der Waals surface area contributed by atoms with Crippen molar-refractivity contribution in [3.05, 3.63) is 108 Å². The summed E-state index contributed by atoms with van der Waals surface area (Å²) in [5, 5.41) is 0.0470. The van der Waals surface area contributed by atoms with Crippen molar-refractivity contribution < 1.29 is 37.7 Å². The summed E-state index contributed by atoms with van der Waals surface area (Å²) in [5.74, 6) is 1.50. The van der Waals surface area contributed by atoms with E-state index in [-0.39, 0.29) is 34.4 Å². The Kier molecular flexibility index (Phi) is 19.8. The number of nitrogens with zero attached hydrogens (tertiary/aromatic N) is 1. The topological polar surface area (TPSA) is 102 Å². The molecule has 61 heavy (non-hydrogen) atoms. The van der Waals surface area contributed by atoms with Gasteiger partial charge in [-0.05, 0) is 119 Å². The lowest BCUT2D eigenvalue weighted by Crippen LogP contribution is -2.45. The van der Waals surface area contributed by atoms with Gasteiger partial charge in [0, 0.05) is 47.7 Å². The third kappa shape index (κ3) is 15.9. The zero-order valence-corrected chi connectivity index (χ0v) is 39.5. The van der Waals surface area contributed by atoms with Gasteiger partial charge in [0.25, 0.3) is 0 Å². The second-order valence-electron chi connectivity index (χ2n) is 18.2. The Labute approximate surface area is 367 Å². The van der Waals surface area contributed by atoms with Gasteiger partial charge < -0.3 is 28.1 Å². The Morgan fingerprint density at radius 3 is 2.23 bits per heavy atom. The molecule has 3 atom stereocenters. The van der Waals surface area contributed by atoms with Crippen LogP contribution in [0, 0.1) is 11.3 Å². The monoisotopic (exact) mass is 856 g/mol. The highest BCUT2D eigenvalue weighted by molar-refractivity contribution is 6.74. The number of carbonyl (C=O) groups is 2. The Hall–Kier alpha value is -4.25. The van der Waals surface area contributed by atoms with Crippen molar-refractivity contribution in [1.82, 2.24) is 4.98 Å². The number of rotatable bonds is 24. The van der Waals surface area contributed by atoms with Gasteiger partial charge in [0.05, 0.1) is 32.5 Å². The summed E-state index contributed by atoms with van der Waals surface area (Å²) in [6.45, 7) is 21.5. The fraction of sp³-hybridized carbons (Fsp3) is 0.549. The molecule has 4 rings (SSSR count). The van der Waals surface area contributed by atoms with Gasteiger partial charge in [-0.15, -0.1) is 0 Å². The number of para-hydroxylation sites is 1. The minimum atomic E-state index is -2.13. The van der Waals surface area contributed by atoms with E-state index in [1.54, 1.807) is 6.20 Å². The molecule has 1 saturated heterocycles. The molecule has 0 saturated carbocycles. The van der Waals surface area contributed by atoms with E-state index in [9.17, 15) is 9.59 Å². The molecule has 2 heterocycles. The lowest BCUT2D eigenvalue weighted by molar-refractivity contribution is -0.279. The number of hydrogen-bond donors (Lipinski definition) is 0. The second-order valence-corrected chi connectivity index (χ2v) is 22.9. The van der Waals surface area contributed by atoms with Gasteiger partial charge in [0.1, 0.15) is 11.5 Å². The van der Waals surface area contributed by atoms with Crippen LogP contribution in [0.3, 0.4) is 0 Å². The first-order valence-electron chi connectivity index (χ1n) is 22.5. The fourth-order valence-electron chi connectivity index (χ4n) is 7.11. The molecule has 0 radical (unpaired) electrons. The van der Waals surface area contributed by atoms with Crippen LogP contribution >= 0.6 is 0 Å². The summed E-state index contributed by atoms with van der Waals surface area (Å²) in [4.78, 5) is 28.0. The fourth-order valence-corrected chi connectivity index (χ4v) is 8.15. The van der Waals surface area contributed by atoms with E-state index in [4.69, 9.17) is 28.1 Å². The van der Waals surface area contributed by atoms with Gasteiger partial charge >= 0.3 is 11.9 Å². The van der Waals surface area contributed by atoms with E-state index in [0.29, 0.717) is 45.7 Å². The van der Waals surface area contributed by atoms with Crippen LogP contribution in [0.15, 0.2) is 91.3 Å². The number of pyridine rings is 1. The SMILES string of the molecule is CCOC(=O)CC/C=C\C[C@@H]1CO[C@H](C(C)(C)CCCCOc2ccc(/C(=C\CCCCC(=O)OCC)c3cccnc3)cc2)O[C@@H]1c1ccccc1O[Si](C)(C)C(C)(C)C. The van der Waals surface area contributed by atoms with Gasteiger partial charge in [0.2, 0.25) is 8.32 Å². The molecule has 0 amide bonds. The molecule has 1 aliphatic rings. The third-order valence-electron chi connectivity index (χ3n) is 11.7. The average molecular weight is 856 g/mol. The summed E-state index contributed by atoms with van der Waals surface area (Å²) in [5.41, 5.74) is 4.09. The van der Waals surface area contributed by atoms with E-state index in [2.05, 4.69) is 107 Å². The Morgan fingerprint density at radius 1 is 0.820 bits per heavy atom. The number of hydrogen-bond acceptors (Lipinski definition) is 9. The van der Waals surface area contributed by atoms with E-state index >= 15 is 0 Å². The Bertz CT molecular complexity index is 1830. The molecule has 1 aromatic heterocycles. The van der Waals surface area contributed by atoms with Crippen LogP contribution in [-0.4, -0.2) is 58.0 Å². The summed E-state index contributed by atoms with van der Waals surface area (Å²) in [7, 11) is -2.13. The lowest BCUT2D eigenvalue weighted by atomic mass is 9.84. The first kappa shape index (κ1) is 49.4. The molecule has 3 aromatic rings. The molecular weight excluding hydrogens is 783 g/mol. The van der Waals surface area contributed by atoms with Crippen LogP contribution in [0.4, 0.5) is 0 Å². The minimum absolute atomic E-state index is 0.0470. The second kappa shape index (κ2) is 24.4. The third-order valence-corrected chi connectivity index (χ3v) is 16.1. The minimum Gasteiger partial charge on any atom is -0.543 e. The molecule has 0 aliphatic carbocycles. The van der Waals surface area contributed by atoms with Crippen LogP contribution in [0.5, 0.6) is 11.5 Å². The zero-order valence-electron chi connectivity index (χ0n) is 38.5. The van der Waals surface area contributed by atoms with Gasteiger partial charge in [-0.1, -0.05) is 89.2 Å². The van der Waals surface area contributed by atoms with Crippen LogP contribution < -0.4 is 9.16 Å². The molecule has 1 aliphatic heterocycles. The highest BCUT2D eigenvalue weighted by Crippen LogP contribution is 2.46. The molecule has 0 unspecified atom stereocenters. The maximum Gasteiger partial charge on any atom is 0.306 e. The summed E-state index contributed by atoms with van der Waals surface area (Å²) in [6, 6.07) is 20.7. The normalized spacial score (nSPS) is 17.6. The van der Waals surface area contributed by atoms with Gasteiger partial charge in [-0.25, -0.2) is 0 Å². The van der Waals surface area contributed by atoms with Crippen LogP contribution in [0.2, 0.25) is 18.1 Å². The summed E-state index contributed by atoms with van der Waals surface area (Å²) in [6.07, 6.45) is 17.0. The molecule has 0 N–H and O–H groups in total. The van der Waals surface area contributed by atoms with Crippen molar-refractivity contribution in [2.24, 2.45) is 11.3 Å². The Balaban J connectivity index is 1.36. The van der Waals surface area contributed by atoms with Crippen molar-refractivity contribution in [3.8, 4) is 11.5 Å². The molecule has 2 aromatic carbocycles. The first-order chi connectivity index (χ1) is 29.1. The lowest BCUT2D eigenvalue weighted by Gasteiger charge is -2.44. The highest BCUT2D eigenvalue weighted by atomic mass is 28.4. The first-order valence-corrected chi connectivity index (χ1v) is 25.4. The molecule has 1 fully saturated rings. The number of aromatic nitrogens is 1. The van der Waals surface area contributed by atoms with Gasteiger partial charge in [-0.2, -0.15) is 0 Å². The molecule has 0 bridgehead atoms. The van der Waals surface area contributed by atoms with Crippen LogP contribution in [0.25, 0.3) is 5.57 Å². The summed E-state index contributed by atoms with van der Waals surface area (Å²) >= 11 is 0. The van der Waals surface area contributed by atoms with Crippen molar-refractivity contribution in [1.29, 1.82) is 0 Å². The standard InChI is InChI=1S/C51H73NO8Si/c1-10-55-46(53)28-16-12-14-23-41-38-58-49(59-48(41)44-26-18-19-27-45(44)60-61(8,9)50(3,4)5)51(6,7)34-20-21-36-57-42-32-30-39(31-33-42)43(40-24-22-35-52-37-40)25-15-13-17-29-47(54)56-11-2/h12,14,18-19,22,24-27,30-33,35,37,41,48-49H,10-11,13,15-17,20-21,23,28-29,34,36,38H2,1-9H3/b14-12-,43-25+/t41-,48+,49+/m1/s1. The predicted molar refractivity (Wildman–Crippen MR) is 247 cm³/mol. The largest absolute Gasteiger partial charge is 0.543 e. The molecule has 9 nitrogen and oxygen atoms in total. The molecule has 10 heteroatoms. The van der Waals surface area contributed by atoms with Crippen molar-refractivity contribution >= 4 is 25.8 Å². The van der Waals surface area contributed by atoms with Crippen LogP contribution in [-0.2, 0) is 28.5 Å². The van der Waals surface area contributed by atoms with Gasteiger partial charge in [-0.3, -0.25) is 14.6 Å². The van der Waals surface area contributed by atoms with Crippen molar-refractivity contribution in [2.45, 2.75) is 143 Å². The number of ether oxygens (including phenoxy) is 5. The zero-order chi connectivity index (χ0) is 44.3. The number of esters is 2. The van der Waals surface area contributed by atoms with Crippen LogP contribution in [0.1, 0.15) is 135 Å². The van der Waals surface area contributed by atoms with Crippen molar-refractivity contribution in [3.63, 3.8) is 0 Å². The average Bonchev–Trinajstić information content (AvgIpc) is 3.22. The number of carbonyl (C=O) groups excluding carboxylic acids is 2. The highest BCUT2D eigenvalue weighted by Gasteiger charge is 2.43. The molecule has 0 spiro atoms. The van der Waals surface area contributed by atoms with Crippen molar-refractivity contribution in [2.75, 3.05) is 26.4 Å². The van der Waals surface area contributed by atoms with E-state index in [1.165, 1.54) is 0 Å². The maximum atomic E-state index is 11.9. The van der Waals surface area contributed by atoms with E-state index in [1.807, 2.05) is 44.3 Å². The quantitative estimate of drug-likeness (QED) is 0.0377. The number of unbranched alkanes of at least 4 members (excludes halogenated alkanes) is 3. The van der Waals surface area contributed by atoms with Gasteiger partial charge in [0.15, 0.2) is 6.29 Å².